The number of rotatable bonds is 3. The Labute approximate surface area is 108 Å². The normalized spacial score (nSPS) is 11.0. The second-order valence-electron chi connectivity index (χ2n) is 4.29. The molecule has 0 spiro atoms. The highest BCUT2D eigenvalue weighted by Crippen LogP contribution is 2.26. The maximum Gasteiger partial charge on any atom is 0.278 e. The number of nitro groups is 1. The molecule has 0 unspecified atom stereocenters. The van der Waals surface area contributed by atoms with Gasteiger partial charge in [-0.15, -0.1) is 5.10 Å². The molecule has 0 atom stereocenters. The van der Waals surface area contributed by atoms with Gasteiger partial charge in [-0.1, -0.05) is 11.3 Å². The molecular formula is C12H11N5O2. The molecule has 0 aliphatic rings. The van der Waals surface area contributed by atoms with Crippen molar-refractivity contribution in [3.63, 3.8) is 0 Å². The van der Waals surface area contributed by atoms with Crippen LogP contribution in [0.3, 0.4) is 0 Å². The molecule has 0 aliphatic carbocycles. The monoisotopic (exact) mass is 257 g/mol. The smallest absolute Gasteiger partial charge is 0.278 e. The summed E-state index contributed by atoms with van der Waals surface area (Å²) >= 11 is 0. The second kappa shape index (κ2) is 4.20. The van der Waals surface area contributed by atoms with Gasteiger partial charge in [0.2, 0.25) is 0 Å². The Balaban J connectivity index is 2.06. The molecule has 96 valence electrons. The highest BCUT2D eigenvalue weighted by atomic mass is 16.6. The summed E-state index contributed by atoms with van der Waals surface area (Å²) in [4.78, 5) is 10.6. The van der Waals surface area contributed by atoms with Gasteiger partial charge in [0.05, 0.1) is 22.4 Å². The van der Waals surface area contributed by atoms with E-state index in [0.29, 0.717) is 11.9 Å². The lowest BCUT2D eigenvalue weighted by Crippen LogP contribution is -1.98. The fourth-order valence-electron chi connectivity index (χ4n) is 2.15. The Morgan fingerprint density at radius 2 is 2.21 bits per heavy atom. The molecule has 3 aromatic rings. The van der Waals surface area contributed by atoms with Crippen LogP contribution in [-0.2, 0) is 13.6 Å². The van der Waals surface area contributed by atoms with Crippen LogP contribution in [0.5, 0.6) is 0 Å². The van der Waals surface area contributed by atoms with Crippen LogP contribution < -0.4 is 0 Å². The number of hydrogen-bond acceptors (Lipinski definition) is 4. The average Bonchev–Trinajstić information content (AvgIpc) is 2.97. The van der Waals surface area contributed by atoms with Gasteiger partial charge in [-0.3, -0.25) is 14.8 Å². The summed E-state index contributed by atoms with van der Waals surface area (Å²) in [7, 11) is 1.80. The van der Waals surface area contributed by atoms with Gasteiger partial charge < -0.3 is 4.57 Å². The Kier molecular flexibility index (Phi) is 2.52. The van der Waals surface area contributed by atoms with Crippen molar-refractivity contribution >= 4 is 16.6 Å². The predicted octanol–water partition coefficient (Wildman–Crippen LogP) is 1.73. The van der Waals surface area contributed by atoms with Crippen molar-refractivity contribution in [2.24, 2.45) is 7.05 Å². The highest BCUT2D eigenvalue weighted by molar-refractivity contribution is 5.89. The number of aromatic nitrogens is 4. The van der Waals surface area contributed by atoms with Gasteiger partial charge in [0.25, 0.3) is 5.69 Å². The summed E-state index contributed by atoms with van der Waals surface area (Å²) < 4.78 is 3.55. The molecule has 0 bridgehead atoms. The van der Waals surface area contributed by atoms with E-state index < -0.39 is 0 Å². The fourth-order valence-corrected chi connectivity index (χ4v) is 2.15. The van der Waals surface area contributed by atoms with E-state index in [4.69, 9.17) is 0 Å². The number of nitro benzene ring substituents is 1. The average molecular weight is 257 g/mol. The first-order chi connectivity index (χ1) is 9.15. The number of non-ortho nitro benzene ring substituents is 1. The molecule has 0 amide bonds. The van der Waals surface area contributed by atoms with Gasteiger partial charge >= 0.3 is 0 Å². The summed E-state index contributed by atoms with van der Waals surface area (Å²) in [6, 6.07) is 6.81. The van der Waals surface area contributed by atoms with Crippen molar-refractivity contribution in [1.29, 1.82) is 0 Å². The van der Waals surface area contributed by atoms with Gasteiger partial charge in [0.1, 0.15) is 5.69 Å². The minimum absolute atomic E-state index is 0.121. The Bertz CT molecular complexity index is 758. The molecule has 0 aliphatic heterocycles. The zero-order chi connectivity index (χ0) is 13.4. The molecule has 2 aromatic heterocycles. The third-order valence-corrected chi connectivity index (χ3v) is 2.97. The summed E-state index contributed by atoms with van der Waals surface area (Å²) in [5.41, 5.74) is 1.75. The van der Waals surface area contributed by atoms with Crippen LogP contribution in [0.25, 0.3) is 10.9 Å². The lowest BCUT2D eigenvalue weighted by molar-refractivity contribution is -0.383. The Morgan fingerprint density at radius 3 is 2.89 bits per heavy atom. The zero-order valence-corrected chi connectivity index (χ0v) is 10.2. The van der Waals surface area contributed by atoms with Gasteiger partial charge in [-0.25, -0.2) is 0 Å². The van der Waals surface area contributed by atoms with Crippen LogP contribution in [0.4, 0.5) is 5.69 Å². The minimum Gasteiger partial charge on any atom is -0.341 e. The SMILES string of the molecule is Cn1cc(Cn2ccc3c([N+](=O)[O-])cccc32)nn1. The van der Waals surface area contributed by atoms with Crippen molar-refractivity contribution in [1.82, 2.24) is 19.6 Å². The summed E-state index contributed by atoms with van der Waals surface area (Å²) in [6.07, 6.45) is 3.65. The molecule has 2 heterocycles. The van der Waals surface area contributed by atoms with Gasteiger partial charge in [0, 0.05) is 25.5 Å². The van der Waals surface area contributed by atoms with Crippen LogP contribution in [0.2, 0.25) is 0 Å². The van der Waals surface area contributed by atoms with E-state index >= 15 is 0 Å². The predicted molar refractivity (Wildman–Crippen MR) is 68.7 cm³/mol. The van der Waals surface area contributed by atoms with E-state index in [1.807, 2.05) is 23.0 Å². The third kappa shape index (κ3) is 1.95. The third-order valence-electron chi connectivity index (χ3n) is 2.97. The maximum atomic E-state index is 11.0. The molecule has 0 saturated carbocycles. The first-order valence-electron chi connectivity index (χ1n) is 5.72. The number of aryl methyl sites for hydroxylation is 1. The van der Waals surface area contributed by atoms with E-state index in [9.17, 15) is 10.1 Å². The zero-order valence-electron chi connectivity index (χ0n) is 10.2. The van der Waals surface area contributed by atoms with Gasteiger partial charge in [0.15, 0.2) is 0 Å². The topological polar surface area (TPSA) is 78.8 Å². The molecular weight excluding hydrogens is 246 g/mol. The van der Waals surface area contributed by atoms with Gasteiger partial charge in [-0.05, 0) is 12.1 Å². The number of fused-ring (bicyclic) bond motifs is 1. The van der Waals surface area contributed by atoms with E-state index in [1.54, 1.807) is 23.9 Å². The first kappa shape index (κ1) is 11.4. The second-order valence-corrected chi connectivity index (χ2v) is 4.29. The number of benzene rings is 1. The Morgan fingerprint density at radius 1 is 1.37 bits per heavy atom. The van der Waals surface area contributed by atoms with E-state index in [1.165, 1.54) is 6.07 Å². The van der Waals surface area contributed by atoms with Crippen molar-refractivity contribution in [3.8, 4) is 0 Å². The number of hydrogen-bond donors (Lipinski definition) is 0. The van der Waals surface area contributed by atoms with Crippen molar-refractivity contribution in [3.05, 3.63) is 52.5 Å². The lowest BCUT2D eigenvalue weighted by Gasteiger charge is -2.02. The standard InChI is InChI=1S/C12H11N5O2/c1-15-7-9(13-14-15)8-16-6-5-10-11(16)3-2-4-12(10)17(18)19/h2-7H,8H2,1H3. The van der Waals surface area contributed by atoms with Crippen molar-refractivity contribution in [2.45, 2.75) is 6.54 Å². The fraction of sp³-hybridized carbons (Fsp3) is 0.167. The van der Waals surface area contributed by atoms with E-state index in [-0.39, 0.29) is 10.6 Å². The maximum absolute atomic E-state index is 11.0. The van der Waals surface area contributed by atoms with E-state index in [0.717, 1.165) is 11.2 Å². The molecule has 0 radical (unpaired) electrons. The number of nitrogens with zero attached hydrogens (tertiary/aromatic N) is 5. The minimum atomic E-state index is -0.366. The van der Waals surface area contributed by atoms with Crippen LogP contribution in [0.1, 0.15) is 5.69 Å². The van der Waals surface area contributed by atoms with Crippen LogP contribution in [0.15, 0.2) is 36.7 Å². The molecule has 0 N–H and O–H groups in total. The first-order valence-corrected chi connectivity index (χ1v) is 5.72. The largest absolute Gasteiger partial charge is 0.341 e. The Hall–Kier alpha value is -2.70. The van der Waals surface area contributed by atoms with Gasteiger partial charge in [-0.2, -0.15) is 0 Å². The van der Waals surface area contributed by atoms with Crippen LogP contribution in [0, 0.1) is 10.1 Å². The summed E-state index contributed by atoms with van der Waals surface area (Å²) in [5, 5.41) is 19.5. The molecule has 7 nitrogen and oxygen atoms in total. The van der Waals surface area contributed by atoms with E-state index in [2.05, 4.69) is 10.3 Å². The quantitative estimate of drug-likeness (QED) is 0.528. The molecule has 0 saturated heterocycles. The van der Waals surface area contributed by atoms with Crippen LogP contribution in [-0.4, -0.2) is 24.5 Å². The highest BCUT2D eigenvalue weighted by Gasteiger charge is 2.14. The van der Waals surface area contributed by atoms with Crippen LogP contribution >= 0.6 is 0 Å². The van der Waals surface area contributed by atoms with Crippen molar-refractivity contribution in [2.75, 3.05) is 0 Å². The molecule has 0 fully saturated rings. The summed E-state index contributed by atoms with van der Waals surface area (Å²) in [5.74, 6) is 0. The lowest BCUT2D eigenvalue weighted by atomic mass is 10.2. The van der Waals surface area contributed by atoms with Crippen molar-refractivity contribution < 1.29 is 4.92 Å². The molecule has 19 heavy (non-hydrogen) atoms. The molecule has 7 heteroatoms. The summed E-state index contributed by atoms with van der Waals surface area (Å²) in [6.45, 7) is 0.540. The molecule has 1 aromatic carbocycles. The molecule has 3 rings (SSSR count).